The van der Waals surface area contributed by atoms with Crippen LogP contribution < -0.4 is 0 Å². The van der Waals surface area contributed by atoms with Gasteiger partial charge < -0.3 is 0 Å². The first-order valence-electron chi connectivity index (χ1n) is 5.36. The van der Waals surface area contributed by atoms with E-state index in [0.717, 1.165) is 0 Å². The summed E-state index contributed by atoms with van der Waals surface area (Å²) in [5.74, 6) is 0. The largest absolute Gasteiger partial charge is 0.140 e. The predicted octanol–water partition coefficient (Wildman–Crippen LogP) is 4.42. The Morgan fingerprint density at radius 3 is 2.64 bits per heavy atom. The summed E-state index contributed by atoms with van der Waals surface area (Å²) >= 11 is 1.97. The van der Waals surface area contributed by atoms with Crippen molar-refractivity contribution in [2.75, 3.05) is 0 Å². The highest BCUT2D eigenvalue weighted by Gasteiger charge is 2.08. The fraction of sp³-hybridized carbons (Fsp3) is 0.385. The first kappa shape index (κ1) is 9.72. The SMILES string of the molecule is CCCc1sc2ccccc2c1CC. The standard InChI is InChI=1S/C13H16S/c1-3-7-12-10(4-2)11-8-5-6-9-13(11)14-12/h5-6,8-9H,3-4,7H2,1-2H3. The fourth-order valence-corrected chi connectivity index (χ4v) is 3.36. The average molecular weight is 204 g/mol. The second-order valence-electron chi connectivity index (χ2n) is 3.60. The number of hydrogen-bond donors (Lipinski definition) is 0. The molecule has 0 bridgehead atoms. The van der Waals surface area contributed by atoms with Crippen LogP contribution in [0, 0.1) is 0 Å². The summed E-state index contributed by atoms with van der Waals surface area (Å²) in [5.41, 5.74) is 1.58. The van der Waals surface area contributed by atoms with Gasteiger partial charge in [0, 0.05) is 9.58 Å². The Bertz CT molecular complexity index is 426. The minimum Gasteiger partial charge on any atom is -0.140 e. The van der Waals surface area contributed by atoms with Gasteiger partial charge in [-0.1, -0.05) is 38.5 Å². The molecule has 0 aliphatic heterocycles. The molecule has 0 spiro atoms. The molecular weight excluding hydrogens is 188 g/mol. The van der Waals surface area contributed by atoms with Crippen LogP contribution in [-0.4, -0.2) is 0 Å². The third-order valence-electron chi connectivity index (χ3n) is 2.61. The van der Waals surface area contributed by atoms with Gasteiger partial charge in [-0.25, -0.2) is 0 Å². The summed E-state index contributed by atoms with van der Waals surface area (Å²) < 4.78 is 1.45. The lowest BCUT2D eigenvalue weighted by Crippen LogP contribution is -1.85. The van der Waals surface area contributed by atoms with Crippen LogP contribution in [0.5, 0.6) is 0 Å². The van der Waals surface area contributed by atoms with Crippen molar-refractivity contribution in [2.45, 2.75) is 33.1 Å². The third-order valence-corrected chi connectivity index (χ3v) is 3.89. The number of fused-ring (bicyclic) bond motifs is 1. The smallest absolute Gasteiger partial charge is 0.0348 e. The van der Waals surface area contributed by atoms with E-state index in [1.807, 2.05) is 11.3 Å². The van der Waals surface area contributed by atoms with Gasteiger partial charge >= 0.3 is 0 Å². The van der Waals surface area contributed by atoms with Crippen molar-refractivity contribution in [3.05, 3.63) is 34.7 Å². The van der Waals surface area contributed by atoms with Crippen LogP contribution in [0.3, 0.4) is 0 Å². The van der Waals surface area contributed by atoms with E-state index in [1.165, 1.54) is 29.3 Å². The van der Waals surface area contributed by atoms with Crippen LogP contribution in [0.2, 0.25) is 0 Å². The summed E-state index contributed by atoms with van der Waals surface area (Å²) in [7, 11) is 0. The summed E-state index contributed by atoms with van der Waals surface area (Å²) in [4.78, 5) is 1.59. The molecule has 1 aromatic carbocycles. The van der Waals surface area contributed by atoms with Gasteiger partial charge in [-0.3, -0.25) is 0 Å². The van der Waals surface area contributed by atoms with Gasteiger partial charge in [-0.15, -0.1) is 11.3 Å². The second kappa shape index (κ2) is 4.14. The maximum atomic E-state index is 2.26. The summed E-state index contributed by atoms with van der Waals surface area (Å²) in [5, 5.41) is 1.48. The molecule has 0 nitrogen and oxygen atoms in total. The van der Waals surface area contributed by atoms with E-state index in [2.05, 4.69) is 38.1 Å². The summed E-state index contributed by atoms with van der Waals surface area (Å²) in [6, 6.07) is 8.76. The topological polar surface area (TPSA) is 0 Å². The van der Waals surface area contributed by atoms with Crippen LogP contribution in [-0.2, 0) is 12.8 Å². The van der Waals surface area contributed by atoms with Crippen molar-refractivity contribution >= 4 is 21.4 Å². The highest BCUT2D eigenvalue weighted by atomic mass is 32.1. The maximum Gasteiger partial charge on any atom is 0.0348 e. The number of thiophene rings is 1. The zero-order valence-corrected chi connectivity index (χ0v) is 9.66. The van der Waals surface area contributed by atoms with E-state index in [1.54, 1.807) is 10.4 Å². The fourth-order valence-electron chi connectivity index (χ4n) is 1.97. The van der Waals surface area contributed by atoms with E-state index in [0.29, 0.717) is 0 Å². The van der Waals surface area contributed by atoms with Gasteiger partial charge in [0.1, 0.15) is 0 Å². The second-order valence-corrected chi connectivity index (χ2v) is 4.74. The Labute approximate surface area is 89.6 Å². The molecule has 0 amide bonds. The lowest BCUT2D eigenvalue weighted by atomic mass is 10.1. The van der Waals surface area contributed by atoms with Crippen LogP contribution in [0.1, 0.15) is 30.7 Å². The van der Waals surface area contributed by atoms with Gasteiger partial charge in [0.2, 0.25) is 0 Å². The van der Waals surface area contributed by atoms with E-state index in [-0.39, 0.29) is 0 Å². The van der Waals surface area contributed by atoms with E-state index in [9.17, 15) is 0 Å². The molecule has 0 unspecified atom stereocenters. The molecule has 0 radical (unpaired) electrons. The van der Waals surface area contributed by atoms with Crippen molar-refractivity contribution in [1.82, 2.24) is 0 Å². The quantitative estimate of drug-likeness (QED) is 0.694. The lowest BCUT2D eigenvalue weighted by Gasteiger charge is -1.98. The Kier molecular flexibility index (Phi) is 2.87. The molecular formula is C13H16S. The van der Waals surface area contributed by atoms with Crippen molar-refractivity contribution in [2.24, 2.45) is 0 Å². The Morgan fingerprint density at radius 1 is 1.14 bits per heavy atom. The van der Waals surface area contributed by atoms with Crippen LogP contribution in [0.15, 0.2) is 24.3 Å². The predicted molar refractivity (Wildman–Crippen MR) is 65.2 cm³/mol. The number of benzene rings is 1. The molecule has 0 saturated heterocycles. The molecule has 0 N–H and O–H groups in total. The minimum atomic E-state index is 1.17. The molecule has 1 heteroatoms. The minimum absolute atomic E-state index is 1.17. The van der Waals surface area contributed by atoms with Crippen molar-refractivity contribution in [3.63, 3.8) is 0 Å². The third kappa shape index (κ3) is 1.57. The monoisotopic (exact) mass is 204 g/mol. The Balaban J connectivity index is 2.60. The lowest BCUT2D eigenvalue weighted by molar-refractivity contribution is 0.923. The molecule has 2 aromatic rings. The molecule has 74 valence electrons. The molecule has 0 aliphatic rings. The van der Waals surface area contributed by atoms with E-state index in [4.69, 9.17) is 0 Å². The summed E-state index contributed by atoms with van der Waals surface area (Å²) in [6.45, 7) is 4.51. The number of rotatable bonds is 3. The molecule has 0 saturated carbocycles. The molecule has 1 aromatic heterocycles. The van der Waals surface area contributed by atoms with Crippen molar-refractivity contribution < 1.29 is 0 Å². The summed E-state index contributed by atoms with van der Waals surface area (Å²) in [6.07, 6.45) is 3.65. The zero-order chi connectivity index (χ0) is 9.97. The molecule has 0 fully saturated rings. The van der Waals surface area contributed by atoms with Crippen LogP contribution >= 0.6 is 11.3 Å². The van der Waals surface area contributed by atoms with Gasteiger partial charge in [0.25, 0.3) is 0 Å². The first-order valence-corrected chi connectivity index (χ1v) is 6.17. The molecule has 1 heterocycles. The molecule has 0 aliphatic carbocycles. The first-order chi connectivity index (χ1) is 6.86. The normalized spacial score (nSPS) is 11.0. The number of hydrogen-bond acceptors (Lipinski definition) is 1. The van der Waals surface area contributed by atoms with Crippen molar-refractivity contribution in [3.8, 4) is 0 Å². The van der Waals surface area contributed by atoms with Crippen LogP contribution in [0.25, 0.3) is 10.1 Å². The van der Waals surface area contributed by atoms with Gasteiger partial charge in [0.05, 0.1) is 0 Å². The van der Waals surface area contributed by atoms with E-state index >= 15 is 0 Å². The highest BCUT2D eigenvalue weighted by molar-refractivity contribution is 7.19. The zero-order valence-electron chi connectivity index (χ0n) is 8.84. The van der Waals surface area contributed by atoms with Crippen molar-refractivity contribution in [1.29, 1.82) is 0 Å². The Hall–Kier alpha value is -0.820. The molecule has 0 atom stereocenters. The van der Waals surface area contributed by atoms with Crippen LogP contribution in [0.4, 0.5) is 0 Å². The van der Waals surface area contributed by atoms with Gasteiger partial charge in [-0.2, -0.15) is 0 Å². The van der Waals surface area contributed by atoms with Gasteiger partial charge in [0.15, 0.2) is 0 Å². The molecule has 14 heavy (non-hydrogen) atoms. The maximum absolute atomic E-state index is 2.26. The van der Waals surface area contributed by atoms with E-state index < -0.39 is 0 Å². The van der Waals surface area contributed by atoms with Gasteiger partial charge in [-0.05, 0) is 29.9 Å². The molecule has 2 rings (SSSR count). The average Bonchev–Trinajstić information content (AvgIpc) is 2.55. The number of aryl methyl sites for hydroxylation is 2. The highest BCUT2D eigenvalue weighted by Crippen LogP contribution is 2.32. The Morgan fingerprint density at radius 2 is 1.93 bits per heavy atom.